The summed E-state index contributed by atoms with van der Waals surface area (Å²) in [5.41, 5.74) is 0.887. The number of aryl methyl sites for hydroxylation is 1. The molecule has 0 bridgehead atoms. The lowest BCUT2D eigenvalue weighted by atomic mass is 10.2. The van der Waals surface area contributed by atoms with Crippen molar-refractivity contribution < 1.29 is 9.47 Å². The summed E-state index contributed by atoms with van der Waals surface area (Å²) in [6.07, 6.45) is 2.77. The summed E-state index contributed by atoms with van der Waals surface area (Å²) in [5, 5.41) is 7.67. The fraction of sp³-hybridized carbons (Fsp3) is 0.412. The largest absolute Gasteiger partial charge is 0.493 e. The zero-order valence-electron chi connectivity index (χ0n) is 15.0. The Morgan fingerprint density at radius 3 is 2.72 bits per heavy atom. The van der Waals surface area contributed by atoms with Crippen LogP contribution in [0.3, 0.4) is 0 Å². The Morgan fingerprint density at radius 1 is 1.32 bits per heavy atom. The number of halogens is 1. The van der Waals surface area contributed by atoms with Gasteiger partial charge in [-0.1, -0.05) is 0 Å². The Balaban J connectivity index is 0.00000312. The molecule has 0 spiro atoms. The van der Waals surface area contributed by atoms with Gasteiger partial charge in [0.2, 0.25) is 0 Å². The molecular formula is C17H25IN4O2S. The summed E-state index contributed by atoms with van der Waals surface area (Å²) in [5.74, 6) is 2.12. The van der Waals surface area contributed by atoms with Crippen molar-refractivity contribution in [2.45, 2.75) is 20.3 Å². The summed E-state index contributed by atoms with van der Waals surface area (Å²) in [7, 11) is 3.38. The molecular weight excluding hydrogens is 451 g/mol. The second-order valence-electron chi connectivity index (χ2n) is 5.04. The maximum atomic E-state index is 5.59. The predicted octanol–water partition coefficient (Wildman–Crippen LogP) is 3.71. The molecule has 0 radical (unpaired) electrons. The SMILES string of the molecule is CCOc1cc(NC(=NC)NCCc2ncc(C)s2)ccc1OC.I. The van der Waals surface area contributed by atoms with Gasteiger partial charge in [0.15, 0.2) is 17.5 Å². The number of hydrogen-bond donors (Lipinski definition) is 2. The van der Waals surface area contributed by atoms with E-state index in [0.29, 0.717) is 24.1 Å². The number of hydrogen-bond acceptors (Lipinski definition) is 5. The average Bonchev–Trinajstić information content (AvgIpc) is 3.00. The van der Waals surface area contributed by atoms with Crippen molar-refractivity contribution in [2.75, 3.05) is 32.6 Å². The first-order chi connectivity index (χ1) is 11.7. The smallest absolute Gasteiger partial charge is 0.195 e. The van der Waals surface area contributed by atoms with Crippen molar-refractivity contribution in [3.8, 4) is 11.5 Å². The molecule has 0 aliphatic rings. The van der Waals surface area contributed by atoms with Crippen molar-refractivity contribution in [3.63, 3.8) is 0 Å². The predicted molar refractivity (Wildman–Crippen MR) is 115 cm³/mol. The number of ether oxygens (including phenoxy) is 2. The van der Waals surface area contributed by atoms with Gasteiger partial charge in [-0.25, -0.2) is 4.98 Å². The zero-order chi connectivity index (χ0) is 17.4. The standard InChI is InChI=1S/C17H24N4O2S.HI/c1-5-23-15-10-13(6-7-14(15)22-4)21-17(18-3)19-9-8-16-20-11-12(2)24-16;/h6-7,10-11H,5,8-9H2,1-4H3,(H2,18,19,21);1H. The van der Waals surface area contributed by atoms with Gasteiger partial charge >= 0.3 is 0 Å². The van der Waals surface area contributed by atoms with E-state index in [1.54, 1.807) is 25.5 Å². The normalized spacial score (nSPS) is 10.8. The van der Waals surface area contributed by atoms with E-state index in [-0.39, 0.29) is 24.0 Å². The lowest BCUT2D eigenvalue weighted by molar-refractivity contribution is 0.311. The highest BCUT2D eigenvalue weighted by atomic mass is 127. The van der Waals surface area contributed by atoms with Gasteiger partial charge in [-0.05, 0) is 26.0 Å². The first-order valence-corrected chi connectivity index (χ1v) is 8.67. The molecule has 1 aromatic carbocycles. The van der Waals surface area contributed by atoms with E-state index in [4.69, 9.17) is 9.47 Å². The molecule has 6 nitrogen and oxygen atoms in total. The Bertz CT molecular complexity index is 691. The summed E-state index contributed by atoms with van der Waals surface area (Å²) in [6, 6.07) is 5.71. The van der Waals surface area contributed by atoms with Gasteiger partial charge in [-0.2, -0.15) is 0 Å². The monoisotopic (exact) mass is 476 g/mol. The molecule has 0 amide bonds. The van der Waals surface area contributed by atoms with Crippen molar-refractivity contribution >= 4 is 47.0 Å². The topological polar surface area (TPSA) is 67.8 Å². The van der Waals surface area contributed by atoms with Gasteiger partial charge < -0.3 is 20.1 Å². The molecule has 0 aliphatic carbocycles. The molecule has 8 heteroatoms. The Hall–Kier alpha value is -1.55. The van der Waals surface area contributed by atoms with Gasteiger partial charge in [0, 0.05) is 42.8 Å². The first kappa shape index (κ1) is 21.5. The van der Waals surface area contributed by atoms with E-state index < -0.39 is 0 Å². The molecule has 2 aromatic rings. The minimum atomic E-state index is 0. The van der Waals surface area contributed by atoms with Crippen LogP contribution in [0.2, 0.25) is 0 Å². The average molecular weight is 476 g/mol. The fourth-order valence-corrected chi connectivity index (χ4v) is 2.93. The highest BCUT2D eigenvalue weighted by Gasteiger charge is 2.07. The summed E-state index contributed by atoms with van der Waals surface area (Å²) >= 11 is 1.72. The van der Waals surface area contributed by atoms with Crippen LogP contribution < -0.4 is 20.1 Å². The molecule has 0 atom stereocenters. The van der Waals surface area contributed by atoms with Crippen LogP contribution in [0.4, 0.5) is 5.69 Å². The third kappa shape index (κ3) is 6.69. The second-order valence-corrected chi connectivity index (χ2v) is 6.36. The summed E-state index contributed by atoms with van der Waals surface area (Å²) in [6.45, 7) is 5.36. The molecule has 2 rings (SSSR count). The second kappa shape index (κ2) is 11.1. The number of nitrogens with zero attached hydrogens (tertiary/aromatic N) is 2. The van der Waals surface area contributed by atoms with E-state index in [0.717, 1.165) is 23.7 Å². The summed E-state index contributed by atoms with van der Waals surface area (Å²) < 4.78 is 10.9. The molecule has 1 heterocycles. The lowest BCUT2D eigenvalue weighted by Gasteiger charge is -2.14. The number of thiazole rings is 1. The quantitative estimate of drug-likeness (QED) is 0.363. The van der Waals surface area contributed by atoms with Crippen molar-refractivity contribution in [1.29, 1.82) is 0 Å². The Morgan fingerprint density at radius 2 is 2.12 bits per heavy atom. The lowest BCUT2D eigenvalue weighted by Crippen LogP contribution is -2.32. The van der Waals surface area contributed by atoms with Crippen LogP contribution in [0.5, 0.6) is 11.5 Å². The number of benzene rings is 1. The molecule has 25 heavy (non-hydrogen) atoms. The first-order valence-electron chi connectivity index (χ1n) is 7.86. The van der Waals surface area contributed by atoms with Gasteiger partial charge in [-0.15, -0.1) is 35.3 Å². The van der Waals surface area contributed by atoms with Crippen LogP contribution in [0, 0.1) is 6.92 Å². The van der Waals surface area contributed by atoms with Gasteiger partial charge in [0.25, 0.3) is 0 Å². The van der Waals surface area contributed by atoms with Crippen molar-refractivity contribution in [3.05, 3.63) is 34.3 Å². The van der Waals surface area contributed by atoms with Gasteiger partial charge in [0.1, 0.15) is 0 Å². The number of aromatic nitrogens is 1. The molecule has 0 aliphatic heterocycles. The molecule has 0 unspecified atom stereocenters. The number of rotatable bonds is 7. The van der Waals surface area contributed by atoms with Crippen LogP contribution in [0.25, 0.3) is 0 Å². The number of methoxy groups -OCH3 is 1. The minimum Gasteiger partial charge on any atom is -0.493 e. The number of aliphatic imine (C=N–C) groups is 1. The van der Waals surface area contributed by atoms with E-state index in [1.165, 1.54) is 4.88 Å². The van der Waals surface area contributed by atoms with Crippen LogP contribution in [0.15, 0.2) is 29.4 Å². The molecule has 0 saturated heterocycles. The summed E-state index contributed by atoms with van der Waals surface area (Å²) in [4.78, 5) is 9.84. The Labute approximate surface area is 170 Å². The zero-order valence-corrected chi connectivity index (χ0v) is 18.1. The number of anilines is 1. The molecule has 2 N–H and O–H groups in total. The number of guanidine groups is 1. The number of nitrogens with one attached hydrogen (secondary N) is 2. The maximum absolute atomic E-state index is 5.59. The van der Waals surface area contributed by atoms with Gasteiger partial charge in [-0.3, -0.25) is 4.99 Å². The van der Waals surface area contributed by atoms with Crippen LogP contribution >= 0.6 is 35.3 Å². The highest BCUT2D eigenvalue weighted by molar-refractivity contribution is 14.0. The third-order valence-electron chi connectivity index (χ3n) is 3.25. The van der Waals surface area contributed by atoms with Crippen LogP contribution in [-0.4, -0.2) is 38.3 Å². The molecule has 0 fully saturated rings. The van der Waals surface area contributed by atoms with Crippen LogP contribution in [0.1, 0.15) is 16.8 Å². The molecule has 0 saturated carbocycles. The van der Waals surface area contributed by atoms with E-state index in [2.05, 4.69) is 27.5 Å². The van der Waals surface area contributed by atoms with Crippen molar-refractivity contribution in [1.82, 2.24) is 10.3 Å². The minimum absolute atomic E-state index is 0. The van der Waals surface area contributed by atoms with Crippen molar-refractivity contribution in [2.24, 2.45) is 4.99 Å². The third-order valence-corrected chi connectivity index (χ3v) is 4.22. The molecule has 1 aromatic heterocycles. The van der Waals surface area contributed by atoms with Crippen LogP contribution in [-0.2, 0) is 6.42 Å². The molecule has 138 valence electrons. The Kier molecular flexibility index (Phi) is 9.58. The highest BCUT2D eigenvalue weighted by Crippen LogP contribution is 2.30. The van der Waals surface area contributed by atoms with E-state index in [9.17, 15) is 0 Å². The van der Waals surface area contributed by atoms with E-state index >= 15 is 0 Å². The maximum Gasteiger partial charge on any atom is 0.195 e. The van der Waals surface area contributed by atoms with Gasteiger partial charge in [0.05, 0.1) is 18.7 Å². The fourth-order valence-electron chi connectivity index (χ4n) is 2.14. The van der Waals surface area contributed by atoms with E-state index in [1.807, 2.05) is 31.3 Å².